The fourth-order valence-electron chi connectivity index (χ4n) is 1.98. The van der Waals surface area contributed by atoms with Gasteiger partial charge in [-0.25, -0.2) is 4.79 Å². The van der Waals surface area contributed by atoms with E-state index in [0.29, 0.717) is 0 Å². The number of carbonyl (C=O) groups is 1. The van der Waals surface area contributed by atoms with Gasteiger partial charge in [0, 0.05) is 28.9 Å². The van der Waals surface area contributed by atoms with Gasteiger partial charge in [0.05, 0.1) is 11.3 Å². The minimum absolute atomic E-state index is 0.278. The number of H-pyrrole nitrogens is 1. The first kappa shape index (κ1) is 10.5. The largest absolute Gasteiger partial charge is 0.478 e. The molecule has 0 fully saturated rings. The Hall–Kier alpha value is -2.62. The number of carboxylic acid groups (broad SMARTS) is 1. The fourth-order valence-corrected chi connectivity index (χ4v) is 1.98. The van der Waals surface area contributed by atoms with Crippen molar-refractivity contribution >= 4 is 16.9 Å². The summed E-state index contributed by atoms with van der Waals surface area (Å²) in [5.74, 6) is -0.922. The van der Waals surface area contributed by atoms with E-state index < -0.39 is 5.97 Å². The molecule has 0 radical (unpaired) electrons. The molecule has 18 heavy (non-hydrogen) atoms. The quantitative estimate of drug-likeness (QED) is 0.721. The highest BCUT2D eigenvalue weighted by Crippen LogP contribution is 2.25. The smallest absolute Gasteiger partial charge is 0.335 e. The molecule has 3 aromatic rings. The van der Waals surface area contributed by atoms with Gasteiger partial charge < -0.3 is 10.1 Å². The van der Waals surface area contributed by atoms with Crippen molar-refractivity contribution in [2.75, 3.05) is 0 Å². The van der Waals surface area contributed by atoms with Crippen LogP contribution >= 0.6 is 0 Å². The van der Waals surface area contributed by atoms with Gasteiger partial charge in [-0.3, -0.25) is 4.98 Å². The predicted octanol–water partition coefficient (Wildman–Crippen LogP) is 2.93. The van der Waals surface area contributed by atoms with E-state index in [0.717, 1.165) is 22.2 Å². The molecule has 0 saturated heterocycles. The van der Waals surface area contributed by atoms with Crippen molar-refractivity contribution in [2.45, 2.75) is 0 Å². The number of aromatic nitrogens is 2. The van der Waals surface area contributed by atoms with Gasteiger partial charge in [-0.2, -0.15) is 0 Å². The SMILES string of the molecule is O=C(O)c1ccc(-c2nccc3[nH]ccc23)cc1. The van der Waals surface area contributed by atoms with E-state index in [-0.39, 0.29) is 5.56 Å². The van der Waals surface area contributed by atoms with Crippen LogP contribution in [-0.2, 0) is 0 Å². The maximum Gasteiger partial charge on any atom is 0.335 e. The van der Waals surface area contributed by atoms with Gasteiger partial charge >= 0.3 is 5.97 Å². The van der Waals surface area contributed by atoms with Crippen LogP contribution in [0.4, 0.5) is 0 Å². The van der Waals surface area contributed by atoms with Crippen LogP contribution in [0.5, 0.6) is 0 Å². The molecule has 4 nitrogen and oxygen atoms in total. The number of aromatic carboxylic acids is 1. The number of carboxylic acids is 1. The molecule has 0 aliphatic heterocycles. The Bertz CT molecular complexity index is 714. The second-order valence-corrected chi connectivity index (χ2v) is 3.98. The molecule has 0 saturated carbocycles. The maximum absolute atomic E-state index is 10.8. The van der Waals surface area contributed by atoms with E-state index >= 15 is 0 Å². The standard InChI is InChI=1S/C14H10N2O2/c17-14(18)10-3-1-9(2-4-10)13-11-5-7-15-12(11)6-8-16-13/h1-8,15H,(H,17,18). The van der Waals surface area contributed by atoms with Crippen LogP contribution in [0.25, 0.3) is 22.2 Å². The molecule has 0 amide bonds. The molecule has 0 atom stereocenters. The molecule has 2 aromatic heterocycles. The van der Waals surface area contributed by atoms with Crippen LogP contribution in [0.1, 0.15) is 10.4 Å². The monoisotopic (exact) mass is 238 g/mol. The van der Waals surface area contributed by atoms with Gasteiger partial charge in [0.15, 0.2) is 0 Å². The van der Waals surface area contributed by atoms with Crippen molar-refractivity contribution < 1.29 is 9.90 Å². The third-order valence-corrected chi connectivity index (χ3v) is 2.88. The molecular formula is C14H10N2O2. The molecule has 0 bridgehead atoms. The number of hydrogen-bond donors (Lipinski definition) is 2. The second-order valence-electron chi connectivity index (χ2n) is 3.98. The lowest BCUT2D eigenvalue weighted by Gasteiger charge is -2.03. The van der Waals surface area contributed by atoms with Gasteiger partial charge in [0.1, 0.15) is 0 Å². The van der Waals surface area contributed by atoms with Gasteiger partial charge in [0.25, 0.3) is 0 Å². The van der Waals surface area contributed by atoms with E-state index in [9.17, 15) is 4.79 Å². The highest BCUT2D eigenvalue weighted by Gasteiger charge is 2.07. The summed E-state index contributed by atoms with van der Waals surface area (Å²) in [5.41, 5.74) is 3.05. The molecule has 2 heterocycles. The Morgan fingerprint density at radius 2 is 1.89 bits per heavy atom. The molecule has 88 valence electrons. The van der Waals surface area contributed by atoms with Crippen LogP contribution in [0.2, 0.25) is 0 Å². The van der Waals surface area contributed by atoms with E-state index in [1.165, 1.54) is 0 Å². The minimum atomic E-state index is -0.922. The van der Waals surface area contributed by atoms with Crippen molar-refractivity contribution in [3.8, 4) is 11.3 Å². The summed E-state index contributed by atoms with van der Waals surface area (Å²) in [6.07, 6.45) is 3.60. The number of pyridine rings is 1. The number of benzene rings is 1. The zero-order valence-electron chi connectivity index (χ0n) is 9.42. The van der Waals surface area contributed by atoms with Crippen LogP contribution in [0.3, 0.4) is 0 Å². The molecule has 3 rings (SSSR count). The van der Waals surface area contributed by atoms with E-state index in [1.807, 2.05) is 18.3 Å². The number of hydrogen-bond acceptors (Lipinski definition) is 2. The van der Waals surface area contributed by atoms with E-state index in [2.05, 4.69) is 9.97 Å². The molecule has 0 aliphatic rings. The molecule has 0 spiro atoms. The zero-order valence-corrected chi connectivity index (χ0v) is 9.42. The lowest BCUT2D eigenvalue weighted by atomic mass is 10.1. The van der Waals surface area contributed by atoms with Gasteiger partial charge in [-0.05, 0) is 24.3 Å². The Balaban J connectivity index is 2.14. The summed E-state index contributed by atoms with van der Waals surface area (Å²) in [7, 11) is 0. The van der Waals surface area contributed by atoms with Crippen LogP contribution in [-0.4, -0.2) is 21.0 Å². The Kier molecular flexibility index (Phi) is 2.34. The zero-order chi connectivity index (χ0) is 12.5. The first-order chi connectivity index (χ1) is 8.75. The highest BCUT2D eigenvalue weighted by atomic mass is 16.4. The average Bonchev–Trinajstić information content (AvgIpc) is 2.87. The number of nitrogens with one attached hydrogen (secondary N) is 1. The number of rotatable bonds is 2. The first-order valence-electron chi connectivity index (χ1n) is 5.51. The Morgan fingerprint density at radius 3 is 2.61 bits per heavy atom. The van der Waals surface area contributed by atoms with Crippen LogP contribution < -0.4 is 0 Å². The van der Waals surface area contributed by atoms with Crippen LogP contribution in [0, 0.1) is 0 Å². The average molecular weight is 238 g/mol. The summed E-state index contributed by atoms with van der Waals surface area (Å²) in [6, 6.07) is 10.6. The van der Waals surface area contributed by atoms with Crippen molar-refractivity contribution in [1.29, 1.82) is 0 Å². The number of nitrogens with zero attached hydrogens (tertiary/aromatic N) is 1. The van der Waals surface area contributed by atoms with Crippen LogP contribution in [0.15, 0.2) is 48.8 Å². The summed E-state index contributed by atoms with van der Waals surface area (Å²) in [6.45, 7) is 0. The third-order valence-electron chi connectivity index (χ3n) is 2.88. The fraction of sp³-hybridized carbons (Fsp3) is 0. The van der Waals surface area contributed by atoms with E-state index in [1.54, 1.807) is 30.5 Å². The molecular weight excluding hydrogens is 228 g/mol. The highest BCUT2D eigenvalue weighted by molar-refractivity contribution is 5.93. The summed E-state index contributed by atoms with van der Waals surface area (Å²) >= 11 is 0. The summed E-state index contributed by atoms with van der Waals surface area (Å²) < 4.78 is 0. The van der Waals surface area contributed by atoms with E-state index in [4.69, 9.17) is 5.11 Å². The van der Waals surface area contributed by atoms with Gasteiger partial charge in [-0.1, -0.05) is 12.1 Å². The van der Waals surface area contributed by atoms with Gasteiger partial charge in [0.2, 0.25) is 0 Å². The van der Waals surface area contributed by atoms with Crippen molar-refractivity contribution in [3.05, 3.63) is 54.4 Å². The molecule has 2 N–H and O–H groups in total. The summed E-state index contributed by atoms with van der Waals surface area (Å²) in [4.78, 5) is 18.3. The normalized spacial score (nSPS) is 10.7. The van der Waals surface area contributed by atoms with Crippen molar-refractivity contribution in [1.82, 2.24) is 9.97 Å². The molecule has 0 unspecified atom stereocenters. The van der Waals surface area contributed by atoms with Gasteiger partial charge in [-0.15, -0.1) is 0 Å². The maximum atomic E-state index is 10.8. The Labute approximate surface area is 103 Å². The van der Waals surface area contributed by atoms with Crippen molar-refractivity contribution in [3.63, 3.8) is 0 Å². The lowest BCUT2D eigenvalue weighted by molar-refractivity contribution is 0.0697. The second kappa shape index (κ2) is 4.00. The number of aromatic amines is 1. The third kappa shape index (κ3) is 1.64. The summed E-state index contributed by atoms with van der Waals surface area (Å²) in [5, 5.41) is 9.89. The lowest BCUT2D eigenvalue weighted by Crippen LogP contribution is -1.95. The molecule has 4 heteroatoms. The Morgan fingerprint density at radius 1 is 1.11 bits per heavy atom. The first-order valence-corrected chi connectivity index (χ1v) is 5.51. The molecule has 1 aromatic carbocycles. The van der Waals surface area contributed by atoms with Crippen molar-refractivity contribution in [2.24, 2.45) is 0 Å². The molecule has 0 aliphatic carbocycles. The minimum Gasteiger partial charge on any atom is -0.478 e. The number of fused-ring (bicyclic) bond motifs is 1. The predicted molar refractivity (Wildman–Crippen MR) is 68.5 cm³/mol. The topological polar surface area (TPSA) is 66.0 Å².